The molecule has 0 spiro atoms. The fraction of sp³-hybridized carbons (Fsp3) is 0. The molecule has 8 heteroatoms. The molecule has 102 valence electrons. The minimum atomic E-state index is -0.691. The predicted molar refractivity (Wildman–Crippen MR) is 74.7 cm³/mol. The van der Waals surface area contributed by atoms with Gasteiger partial charge in [-0.15, -0.1) is 0 Å². The normalized spacial score (nSPS) is 10.1. The van der Waals surface area contributed by atoms with Gasteiger partial charge in [0.05, 0.1) is 4.92 Å². The molecule has 0 saturated carbocycles. The highest BCUT2D eigenvalue weighted by Crippen LogP contribution is 2.21. The Morgan fingerprint density at radius 3 is 2.60 bits per heavy atom. The largest absolute Gasteiger partial charge is 0.384 e. The lowest BCUT2D eigenvalue weighted by molar-refractivity contribution is -0.385. The van der Waals surface area contributed by atoms with Crippen molar-refractivity contribution in [2.24, 2.45) is 0 Å². The van der Waals surface area contributed by atoms with Gasteiger partial charge in [-0.1, -0.05) is 11.6 Å². The maximum Gasteiger partial charge on any atom is 0.300 e. The molecule has 0 radical (unpaired) electrons. The van der Waals surface area contributed by atoms with Crippen LogP contribution in [0.3, 0.4) is 0 Å². The maximum absolute atomic E-state index is 12.0. The third-order valence-electron chi connectivity index (χ3n) is 2.45. The average Bonchev–Trinajstić information content (AvgIpc) is 2.41. The molecular weight excluding hydrogens is 284 g/mol. The predicted octanol–water partition coefficient (Wildman–Crippen LogP) is 2.48. The first-order chi connectivity index (χ1) is 9.47. The summed E-state index contributed by atoms with van der Waals surface area (Å²) in [6.45, 7) is 0. The molecule has 0 bridgehead atoms. The summed E-state index contributed by atoms with van der Waals surface area (Å²) in [5.41, 5.74) is 5.34. The van der Waals surface area contributed by atoms with Crippen molar-refractivity contribution < 1.29 is 9.72 Å². The molecule has 1 heterocycles. The summed E-state index contributed by atoms with van der Waals surface area (Å²) in [6, 6.07) is 7.50. The molecule has 0 fully saturated rings. The van der Waals surface area contributed by atoms with Crippen LogP contribution >= 0.6 is 11.6 Å². The van der Waals surface area contributed by atoms with Gasteiger partial charge in [0.25, 0.3) is 11.6 Å². The maximum atomic E-state index is 12.0. The van der Waals surface area contributed by atoms with Crippen LogP contribution in [0, 0.1) is 10.1 Å². The quantitative estimate of drug-likeness (QED) is 0.667. The Kier molecular flexibility index (Phi) is 3.81. The minimum absolute atomic E-state index is 0.0249. The van der Waals surface area contributed by atoms with Crippen molar-refractivity contribution >= 4 is 34.7 Å². The fourth-order valence-electron chi connectivity index (χ4n) is 1.52. The molecular formula is C12H9ClN4O3. The Balaban J connectivity index is 2.31. The van der Waals surface area contributed by atoms with Crippen LogP contribution in [0.5, 0.6) is 0 Å². The molecule has 3 N–H and O–H groups in total. The van der Waals surface area contributed by atoms with E-state index < -0.39 is 16.5 Å². The van der Waals surface area contributed by atoms with Gasteiger partial charge in [0.15, 0.2) is 0 Å². The van der Waals surface area contributed by atoms with Crippen LogP contribution in [0.2, 0.25) is 5.02 Å². The monoisotopic (exact) mass is 292 g/mol. The van der Waals surface area contributed by atoms with Crippen molar-refractivity contribution in [1.82, 2.24) is 4.98 Å². The SMILES string of the molecule is Nc1cc(C(=O)Nc2ccc(Cl)cc2)c([N+](=O)[O-])cn1. The molecule has 0 saturated heterocycles. The van der Waals surface area contributed by atoms with E-state index in [0.717, 1.165) is 12.3 Å². The van der Waals surface area contributed by atoms with Gasteiger partial charge in [-0.3, -0.25) is 14.9 Å². The number of benzene rings is 1. The number of carbonyl (C=O) groups is 1. The lowest BCUT2D eigenvalue weighted by atomic mass is 10.2. The van der Waals surface area contributed by atoms with E-state index in [0.29, 0.717) is 10.7 Å². The van der Waals surface area contributed by atoms with Crippen LogP contribution in [0.1, 0.15) is 10.4 Å². The number of amides is 1. The van der Waals surface area contributed by atoms with Crippen LogP contribution in [-0.4, -0.2) is 15.8 Å². The Bertz CT molecular complexity index is 673. The topological polar surface area (TPSA) is 111 Å². The number of aromatic nitrogens is 1. The number of hydrogen-bond acceptors (Lipinski definition) is 5. The van der Waals surface area contributed by atoms with E-state index in [1.54, 1.807) is 24.3 Å². The number of anilines is 2. The second kappa shape index (κ2) is 5.54. The summed E-state index contributed by atoms with van der Waals surface area (Å²) in [7, 11) is 0. The minimum Gasteiger partial charge on any atom is -0.384 e. The number of nitrogens with one attached hydrogen (secondary N) is 1. The van der Waals surface area contributed by atoms with E-state index in [1.165, 1.54) is 0 Å². The number of hydrogen-bond donors (Lipinski definition) is 2. The molecule has 0 unspecified atom stereocenters. The third-order valence-corrected chi connectivity index (χ3v) is 2.70. The van der Waals surface area contributed by atoms with Crippen LogP contribution in [-0.2, 0) is 0 Å². The second-order valence-electron chi connectivity index (χ2n) is 3.84. The number of halogens is 1. The lowest BCUT2D eigenvalue weighted by Crippen LogP contribution is -2.14. The Morgan fingerprint density at radius 1 is 1.35 bits per heavy atom. The molecule has 1 amide bonds. The average molecular weight is 293 g/mol. The zero-order valence-corrected chi connectivity index (χ0v) is 10.8. The van der Waals surface area contributed by atoms with Crippen molar-refractivity contribution in [3.8, 4) is 0 Å². The standard InChI is InChI=1S/C12H9ClN4O3/c13-7-1-3-8(4-2-7)16-12(18)9-5-11(14)15-6-10(9)17(19)20/h1-6H,(H2,14,15)(H,16,18). The van der Waals surface area contributed by atoms with Gasteiger partial charge in [-0.05, 0) is 30.3 Å². The number of pyridine rings is 1. The first-order valence-corrected chi connectivity index (χ1v) is 5.82. The van der Waals surface area contributed by atoms with E-state index >= 15 is 0 Å². The second-order valence-corrected chi connectivity index (χ2v) is 4.28. The van der Waals surface area contributed by atoms with Gasteiger partial charge in [0, 0.05) is 10.7 Å². The molecule has 7 nitrogen and oxygen atoms in total. The highest BCUT2D eigenvalue weighted by molar-refractivity contribution is 6.30. The van der Waals surface area contributed by atoms with E-state index in [9.17, 15) is 14.9 Å². The Morgan fingerprint density at radius 2 is 2.00 bits per heavy atom. The molecule has 1 aromatic heterocycles. The van der Waals surface area contributed by atoms with Crippen LogP contribution < -0.4 is 11.1 Å². The molecule has 2 aromatic rings. The fourth-order valence-corrected chi connectivity index (χ4v) is 1.65. The molecule has 0 atom stereocenters. The van der Waals surface area contributed by atoms with Crippen LogP contribution in [0.15, 0.2) is 36.5 Å². The summed E-state index contributed by atoms with van der Waals surface area (Å²) in [6.07, 6.45) is 0.951. The number of nitro groups is 1. The van der Waals surface area contributed by atoms with Gasteiger partial charge in [-0.25, -0.2) is 4.98 Å². The van der Waals surface area contributed by atoms with Crippen molar-refractivity contribution in [3.63, 3.8) is 0 Å². The number of nitrogens with zero attached hydrogens (tertiary/aromatic N) is 2. The van der Waals surface area contributed by atoms with Crippen molar-refractivity contribution in [2.45, 2.75) is 0 Å². The number of rotatable bonds is 3. The molecule has 0 aliphatic carbocycles. The Hall–Kier alpha value is -2.67. The van der Waals surface area contributed by atoms with Gasteiger partial charge in [0.2, 0.25) is 0 Å². The van der Waals surface area contributed by atoms with Crippen LogP contribution in [0.4, 0.5) is 17.2 Å². The van der Waals surface area contributed by atoms with E-state index in [1.807, 2.05) is 0 Å². The highest BCUT2D eigenvalue weighted by atomic mass is 35.5. The summed E-state index contributed by atoms with van der Waals surface area (Å²) in [5, 5.41) is 13.9. The van der Waals surface area contributed by atoms with Gasteiger partial charge >= 0.3 is 0 Å². The lowest BCUT2D eigenvalue weighted by Gasteiger charge is -2.06. The van der Waals surface area contributed by atoms with E-state index in [-0.39, 0.29) is 11.4 Å². The van der Waals surface area contributed by atoms with E-state index in [4.69, 9.17) is 17.3 Å². The summed E-state index contributed by atoms with van der Waals surface area (Å²) < 4.78 is 0. The smallest absolute Gasteiger partial charge is 0.300 e. The highest BCUT2D eigenvalue weighted by Gasteiger charge is 2.21. The van der Waals surface area contributed by atoms with E-state index in [2.05, 4.69) is 10.3 Å². The zero-order chi connectivity index (χ0) is 14.7. The number of nitrogens with two attached hydrogens (primary N) is 1. The van der Waals surface area contributed by atoms with Crippen molar-refractivity contribution in [1.29, 1.82) is 0 Å². The molecule has 0 aliphatic heterocycles. The molecule has 20 heavy (non-hydrogen) atoms. The van der Waals surface area contributed by atoms with Crippen molar-refractivity contribution in [2.75, 3.05) is 11.1 Å². The first-order valence-electron chi connectivity index (χ1n) is 5.44. The molecule has 2 rings (SSSR count). The van der Waals surface area contributed by atoms with Gasteiger partial charge < -0.3 is 11.1 Å². The Labute approximate surface area is 118 Å². The molecule has 1 aromatic carbocycles. The summed E-state index contributed by atoms with van der Waals surface area (Å²) >= 11 is 5.73. The number of carbonyl (C=O) groups excluding carboxylic acids is 1. The summed E-state index contributed by atoms with van der Waals surface area (Å²) in [4.78, 5) is 25.8. The third kappa shape index (κ3) is 3.01. The van der Waals surface area contributed by atoms with Crippen LogP contribution in [0.25, 0.3) is 0 Å². The zero-order valence-electron chi connectivity index (χ0n) is 10.0. The summed E-state index contributed by atoms with van der Waals surface area (Å²) in [5.74, 6) is -0.620. The van der Waals surface area contributed by atoms with Gasteiger partial charge in [-0.2, -0.15) is 0 Å². The first kappa shape index (κ1) is 13.8. The van der Waals surface area contributed by atoms with Crippen molar-refractivity contribution in [3.05, 3.63) is 57.2 Å². The van der Waals surface area contributed by atoms with Gasteiger partial charge in [0.1, 0.15) is 17.6 Å². The molecule has 0 aliphatic rings. The number of nitrogen functional groups attached to an aromatic ring is 1.